The number of aliphatic hydroxyl groups excluding tert-OH is 1. The van der Waals surface area contributed by atoms with E-state index >= 15 is 0 Å². The molecule has 1 aromatic heterocycles. The van der Waals surface area contributed by atoms with Gasteiger partial charge < -0.3 is 10.4 Å². The van der Waals surface area contributed by atoms with Crippen LogP contribution in [0.3, 0.4) is 0 Å². The second-order valence-corrected chi connectivity index (χ2v) is 8.36. The highest BCUT2D eigenvalue weighted by atomic mass is 32.2. The molecule has 6 nitrogen and oxygen atoms in total. The van der Waals surface area contributed by atoms with Crippen molar-refractivity contribution in [1.82, 2.24) is 9.62 Å². The molecule has 1 heterocycles. The zero-order chi connectivity index (χ0) is 17.7. The molecule has 2 rings (SSSR count). The van der Waals surface area contributed by atoms with Gasteiger partial charge in [0.25, 0.3) is 5.91 Å². The van der Waals surface area contributed by atoms with Crippen molar-refractivity contribution in [3.05, 3.63) is 52.2 Å². The number of hydrogen-bond donors (Lipinski definition) is 2. The number of benzene rings is 1. The van der Waals surface area contributed by atoms with Crippen molar-refractivity contribution in [1.29, 1.82) is 0 Å². The Labute approximate surface area is 145 Å². The summed E-state index contributed by atoms with van der Waals surface area (Å²) in [5.41, 5.74) is 1.21. The topological polar surface area (TPSA) is 86.7 Å². The van der Waals surface area contributed by atoms with Crippen LogP contribution in [0, 0.1) is 0 Å². The fraction of sp³-hybridized carbons (Fsp3) is 0.312. The smallest absolute Gasteiger partial charge is 0.251 e. The molecule has 130 valence electrons. The first-order valence-corrected chi connectivity index (χ1v) is 9.71. The first-order chi connectivity index (χ1) is 11.3. The van der Waals surface area contributed by atoms with E-state index < -0.39 is 16.1 Å². The molecule has 1 atom stereocenters. The maximum absolute atomic E-state index is 12.1. The Morgan fingerprint density at radius 1 is 1.25 bits per heavy atom. The highest BCUT2D eigenvalue weighted by molar-refractivity contribution is 7.89. The number of carbonyl (C=O) groups is 1. The fourth-order valence-corrected chi connectivity index (χ4v) is 3.65. The van der Waals surface area contributed by atoms with Gasteiger partial charge >= 0.3 is 0 Å². The van der Waals surface area contributed by atoms with Crippen LogP contribution in [0.25, 0.3) is 0 Å². The van der Waals surface area contributed by atoms with Gasteiger partial charge in [0.2, 0.25) is 10.0 Å². The molecule has 2 aromatic rings. The third-order valence-electron chi connectivity index (χ3n) is 3.53. The number of sulfonamides is 1. The summed E-state index contributed by atoms with van der Waals surface area (Å²) in [7, 11) is -0.597. The van der Waals surface area contributed by atoms with Gasteiger partial charge in [-0.3, -0.25) is 4.79 Å². The van der Waals surface area contributed by atoms with Crippen LogP contribution in [0.4, 0.5) is 0 Å². The Hall–Kier alpha value is -1.74. The van der Waals surface area contributed by atoms with Crippen LogP contribution in [-0.4, -0.2) is 44.4 Å². The highest BCUT2D eigenvalue weighted by Crippen LogP contribution is 2.18. The number of amides is 1. The van der Waals surface area contributed by atoms with Gasteiger partial charge in [-0.2, -0.15) is 11.3 Å². The van der Waals surface area contributed by atoms with Gasteiger partial charge in [0.05, 0.1) is 11.0 Å². The molecular formula is C16H20N2O4S2. The molecule has 0 fully saturated rings. The van der Waals surface area contributed by atoms with Gasteiger partial charge in [-0.15, -0.1) is 0 Å². The molecule has 2 N–H and O–H groups in total. The maximum atomic E-state index is 12.1. The number of thiophene rings is 1. The molecule has 0 saturated carbocycles. The van der Waals surface area contributed by atoms with E-state index in [1.54, 1.807) is 0 Å². The molecule has 0 spiro atoms. The summed E-state index contributed by atoms with van der Waals surface area (Å²) in [6, 6.07) is 7.61. The fourth-order valence-electron chi connectivity index (χ4n) is 2.04. The quantitative estimate of drug-likeness (QED) is 0.781. The summed E-state index contributed by atoms with van der Waals surface area (Å²) in [6.07, 6.45) is -0.195. The first kappa shape index (κ1) is 18.6. The summed E-state index contributed by atoms with van der Waals surface area (Å²) >= 11 is 1.51. The number of nitrogens with one attached hydrogen (secondary N) is 1. The Kier molecular flexibility index (Phi) is 6.11. The zero-order valence-electron chi connectivity index (χ0n) is 13.5. The lowest BCUT2D eigenvalue weighted by atomic mass is 10.1. The summed E-state index contributed by atoms with van der Waals surface area (Å²) in [6.45, 7) is 0.327. The van der Waals surface area contributed by atoms with Crippen molar-refractivity contribution in [3.63, 3.8) is 0 Å². The van der Waals surface area contributed by atoms with Gasteiger partial charge in [-0.05, 0) is 53.1 Å². The van der Waals surface area contributed by atoms with E-state index in [1.165, 1.54) is 49.7 Å². The van der Waals surface area contributed by atoms with Crippen LogP contribution in [-0.2, 0) is 10.0 Å². The molecule has 8 heteroatoms. The second-order valence-electron chi connectivity index (χ2n) is 5.43. The Bertz CT molecular complexity index is 769. The summed E-state index contributed by atoms with van der Waals surface area (Å²) < 4.78 is 25.1. The van der Waals surface area contributed by atoms with Crippen molar-refractivity contribution in [2.75, 3.05) is 20.6 Å². The van der Waals surface area contributed by atoms with E-state index in [4.69, 9.17) is 0 Å². The lowest BCUT2D eigenvalue weighted by molar-refractivity contribution is 0.0942. The molecular weight excluding hydrogens is 348 g/mol. The van der Waals surface area contributed by atoms with E-state index in [0.29, 0.717) is 18.5 Å². The Morgan fingerprint density at radius 2 is 1.92 bits per heavy atom. The molecule has 0 bridgehead atoms. The molecule has 0 aliphatic carbocycles. The summed E-state index contributed by atoms with van der Waals surface area (Å²) in [5, 5.41) is 16.4. The summed E-state index contributed by atoms with van der Waals surface area (Å²) in [4.78, 5) is 12.2. The largest absolute Gasteiger partial charge is 0.388 e. The molecule has 0 aliphatic rings. The predicted octanol–water partition coefficient (Wildman–Crippen LogP) is 1.85. The van der Waals surface area contributed by atoms with Crippen LogP contribution in [0.5, 0.6) is 0 Å². The minimum absolute atomic E-state index is 0.136. The van der Waals surface area contributed by atoms with Crippen LogP contribution >= 0.6 is 11.3 Å². The third kappa shape index (κ3) is 4.41. The van der Waals surface area contributed by atoms with Crippen LogP contribution in [0.2, 0.25) is 0 Å². The number of carbonyl (C=O) groups excluding carboxylic acids is 1. The van der Waals surface area contributed by atoms with E-state index in [-0.39, 0.29) is 10.8 Å². The second kappa shape index (κ2) is 7.89. The summed E-state index contributed by atoms with van der Waals surface area (Å²) in [5.74, 6) is -0.304. The van der Waals surface area contributed by atoms with E-state index in [9.17, 15) is 18.3 Å². The van der Waals surface area contributed by atoms with Gasteiger partial charge in [-0.1, -0.05) is 0 Å². The minimum atomic E-state index is -3.50. The van der Waals surface area contributed by atoms with Gasteiger partial charge in [-0.25, -0.2) is 12.7 Å². The van der Waals surface area contributed by atoms with E-state index in [1.807, 2.05) is 16.8 Å². The molecule has 1 aromatic carbocycles. The van der Waals surface area contributed by atoms with Gasteiger partial charge in [0, 0.05) is 26.2 Å². The van der Waals surface area contributed by atoms with Gasteiger partial charge in [0.1, 0.15) is 0 Å². The number of aliphatic hydroxyl groups is 1. The molecule has 24 heavy (non-hydrogen) atoms. The van der Waals surface area contributed by atoms with Crippen LogP contribution in [0.15, 0.2) is 46.0 Å². The average molecular weight is 368 g/mol. The predicted molar refractivity (Wildman–Crippen MR) is 93.5 cm³/mol. The van der Waals surface area contributed by atoms with Crippen molar-refractivity contribution in [2.45, 2.75) is 17.4 Å². The van der Waals surface area contributed by atoms with E-state index in [2.05, 4.69) is 5.32 Å². The standard InChI is InChI=1S/C16H20N2O4S2/c1-18(2)24(21,22)14-5-3-12(4-6-14)16(20)17-9-7-15(19)13-8-10-23-11-13/h3-6,8,10-11,15,19H,7,9H2,1-2H3,(H,17,20). The number of hydrogen-bond acceptors (Lipinski definition) is 5. The van der Waals surface area contributed by atoms with E-state index in [0.717, 1.165) is 9.87 Å². The molecule has 1 unspecified atom stereocenters. The van der Waals surface area contributed by atoms with Crippen molar-refractivity contribution >= 4 is 27.3 Å². The third-order valence-corrected chi connectivity index (χ3v) is 6.06. The first-order valence-electron chi connectivity index (χ1n) is 7.33. The highest BCUT2D eigenvalue weighted by Gasteiger charge is 2.17. The van der Waals surface area contributed by atoms with Crippen molar-refractivity contribution in [3.8, 4) is 0 Å². The number of rotatable bonds is 7. The van der Waals surface area contributed by atoms with Gasteiger partial charge in [0.15, 0.2) is 0 Å². The molecule has 0 aliphatic heterocycles. The van der Waals surface area contributed by atoms with Crippen molar-refractivity contribution < 1.29 is 18.3 Å². The zero-order valence-corrected chi connectivity index (χ0v) is 15.1. The minimum Gasteiger partial charge on any atom is -0.388 e. The van der Waals surface area contributed by atoms with Crippen molar-refractivity contribution in [2.24, 2.45) is 0 Å². The lowest BCUT2D eigenvalue weighted by Gasteiger charge is -2.12. The molecule has 0 radical (unpaired) electrons. The Balaban J connectivity index is 1.91. The maximum Gasteiger partial charge on any atom is 0.251 e. The normalized spacial score (nSPS) is 13.0. The number of nitrogens with zero attached hydrogens (tertiary/aromatic N) is 1. The molecule has 0 saturated heterocycles. The lowest BCUT2D eigenvalue weighted by Crippen LogP contribution is -2.26. The molecule has 1 amide bonds. The van der Waals surface area contributed by atoms with Crippen LogP contribution in [0.1, 0.15) is 28.4 Å². The SMILES string of the molecule is CN(C)S(=O)(=O)c1ccc(C(=O)NCCC(O)c2ccsc2)cc1. The average Bonchev–Trinajstić information content (AvgIpc) is 3.09. The van der Waals surface area contributed by atoms with Crippen LogP contribution < -0.4 is 5.32 Å². The monoisotopic (exact) mass is 368 g/mol. The Morgan fingerprint density at radius 3 is 2.46 bits per heavy atom.